The number of carbonyl (C=O) groups excluding carboxylic acids is 4. The van der Waals surface area contributed by atoms with Gasteiger partial charge in [0.25, 0.3) is 11.3 Å². The van der Waals surface area contributed by atoms with Gasteiger partial charge in [-0.1, -0.05) is 35.9 Å². The van der Waals surface area contributed by atoms with Crippen LogP contribution in [0.4, 0.5) is 0 Å². The summed E-state index contributed by atoms with van der Waals surface area (Å²) in [7, 11) is 0. The fraction of sp³-hybridized carbons (Fsp3) is 0.387. The molecular weight excluding hydrogens is 662 g/mol. The summed E-state index contributed by atoms with van der Waals surface area (Å²) in [5, 5.41) is 8.70. The predicted octanol–water partition coefficient (Wildman–Crippen LogP) is 1.37. The van der Waals surface area contributed by atoms with Gasteiger partial charge in [-0.2, -0.15) is 14.3 Å². The van der Waals surface area contributed by atoms with Gasteiger partial charge in [-0.15, -0.1) is 5.10 Å². The molecule has 17 nitrogen and oxygen atoms in total. The monoisotopic (exact) mass is 697 g/mol. The zero-order valence-electron chi connectivity index (χ0n) is 27.2. The van der Waals surface area contributed by atoms with E-state index in [1.807, 2.05) is 49.4 Å². The van der Waals surface area contributed by atoms with E-state index in [1.165, 1.54) is 0 Å². The van der Waals surface area contributed by atoms with Crippen LogP contribution in [-0.4, -0.2) is 84.0 Å². The number of benzene rings is 1. The van der Waals surface area contributed by atoms with Crippen molar-refractivity contribution in [3.63, 3.8) is 0 Å². The van der Waals surface area contributed by atoms with Crippen molar-refractivity contribution >= 4 is 41.9 Å². The van der Waals surface area contributed by atoms with Crippen molar-refractivity contribution < 1.29 is 42.9 Å². The van der Waals surface area contributed by atoms with Crippen LogP contribution < -0.4 is 11.4 Å². The Morgan fingerprint density at radius 1 is 0.857 bits per heavy atom. The largest absolute Gasteiger partial charge is 0.463 e. The molecule has 1 aliphatic rings. The molecule has 5 rings (SSSR count). The molecule has 1 fully saturated rings. The van der Waals surface area contributed by atoms with Crippen LogP contribution in [0.5, 0.6) is 0 Å². The van der Waals surface area contributed by atoms with E-state index in [9.17, 15) is 24.0 Å². The molecule has 3 aromatic heterocycles. The van der Waals surface area contributed by atoms with Crippen molar-refractivity contribution in [3.8, 4) is 0 Å². The van der Waals surface area contributed by atoms with E-state index in [0.717, 1.165) is 52.7 Å². The number of nitrogen functional groups attached to an aromatic ring is 1. The van der Waals surface area contributed by atoms with Crippen molar-refractivity contribution in [2.45, 2.75) is 71.7 Å². The van der Waals surface area contributed by atoms with E-state index in [4.69, 9.17) is 41.7 Å². The van der Waals surface area contributed by atoms with Crippen molar-refractivity contribution in [1.29, 1.82) is 0 Å². The van der Waals surface area contributed by atoms with Gasteiger partial charge < -0.3 is 29.5 Å². The first kappa shape index (κ1) is 36.3. The number of rotatable bonds is 8. The van der Waals surface area contributed by atoms with Gasteiger partial charge in [0.15, 0.2) is 24.5 Å². The minimum atomic E-state index is -1.49. The predicted molar refractivity (Wildman–Crippen MR) is 172 cm³/mol. The Morgan fingerprint density at radius 2 is 1.45 bits per heavy atom. The molecule has 0 radical (unpaired) electrons. The first-order chi connectivity index (χ1) is 23.3. The van der Waals surface area contributed by atoms with Crippen molar-refractivity contribution in [2.75, 3.05) is 12.4 Å². The molecule has 0 bridgehead atoms. The summed E-state index contributed by atoms with van der Waals surface area (Å²) in [5.74, 6) is 2.87. The van der Waals surface area contributed by atoms with Crippen LogP contribution in [-0.2, 0) is 49.3 Å². The highest BCUT2D eigenvalue weighted by molar-refractivity contribution is 7.71. The van der Waals surface area contributed by atoms with Gasteiger partial charge in [-0.05, 0) is 36.8 Å². The third kappa shape index (κ3) is 9.11. The number of aryl methyl sites for hydroxylation is 1. The van der Waals surface area contributed by atoms with Crippen molar-refractivity contribution in [1.82, 2.24) is 29.1 Å². The number of fused-ring (bicyclic) bond motifs is 1. The smallest absolute Gasteiger partial charge is 0.303 e. The van der Waals surface area contributed by atoms with E-state index in [-0.39, 0.29) is 22.7 Å². The van der Waals surface area contributed by atoms with E-state index in [1.54, 1.807) is 12.4 Å². The number of hydrogen-bond donors (Lipinski definition) is 1. The first-order valence-corrected chi connectivity index (χ1v) is 15.3. The number of carbonyl (C=O) groups is 4. The Morgan fingerprint density at radius 3 is 1.98 bits per heavy atom. The maximum Gasteiger partial charge on any atom is 0.303 e. The molecule has 5 atom stereocenters. The fourth-order valence-electron chi connectivity index (χ4n) is 4.89. The number of hydrogen-bond acceptors (Lipinski definition) is 15. The minimum absolute atomic E-state index is 0.0658. The third-order valence-electron chi connectivity index (χ3n) is 6.93. The van der Waals surface area contributed by atoms with Crippen molar-refractivity contribution in [2.24, 2.45) is 0 Å². The summed E-state index contributed by atoms with van der Waals surface area (Å²) >= 11 is 5.62. The summed E-state index contributed by atoms with van der Waals surface area (Å²) in [4.78, 5) is 64.9. The lowest BCUT2D eigenvalue weighted by molar-refractivity contribution is -0.270. The second kappa shape index (κ2) is 16.1. The molecule has 2 N–H and O–H groups in total. The van der Waals surface area contributed by atoms with E-state index >= 15 is 0 Å². The number of esters is 4. The molecule has 1 aromatic carbocycles. The third-order valence-corrected chi connectivity index (χ3v) is 7.29. The van der Waals surface area contributed by atoms with Crippen LogP contribution in [0.25, 0.3) is 5.78 Å². The number of aromatic nitrogens is 6. The van der Waals surface area contributed by atoms with Gasteiger partial charge in [0.1, 0.15) is 18.4 Å². The van der Waals surface area contributed by atoms with E-state index in [2.05, 4.69) is 15.2 Å². The molecule has 260 valence electrons. The lowest BCUT2D eigenvalue weighted by Gasteiger charge is -2.44. The average molecular weight is 698 g/mol. The second-order valence-electron chi connectivity index (χ2n) is 10.8. The molecule has 0 spiro atoms. The zero-order valence-corrected chi connectivity index (χ0v) is 28.1. The standard InChI is InChI=1S/C26H30N6O10S.C5H5N/c1-12-6-8-17(9-7-12)10-18-23(37)30(27)25-29-31(26(43)32(25)28-18)24-22(41-16(5)36)21(40-15(4)35)20(39-14(3)34)19(42-24)11-38-13(2)33;1-2-4-6-5-3-1/h6-9,19-22,24H,10-11,27H2,1-5H3;1-5H/t19-,20-,21+,22-,24-;/m1./s1. The van der Waals surface area contributed by atoms with Gasteiger partial charge in [0.2, 0.25) is 4.77 Å². The van der Waals surface area contributed by atoms with Crippen LogP contribution >= 0.6 is 12.2 Å². The maximum atomic E-state index is 13.1. The van der Waals surface area contributed by atoms with Crippen molar-refractivity contribution in [3.05, 3.63) is 86.8 Å². The van der Waals surface area contributed by atoms with Gasteiger partial charge in [0.05, 0.1) is 0 Å². The topological polar surface area (TPSA) is 210 Å². The Hall–Kier alpha value is -5.49. The number of ether oxygens (including phenoxy) is 5. The Labute approximate surface area is 284 Å². The Balaban J connectivity index is 0.000000812. The molecule has 4 heterocycles. The molecule has 4 aromatic rings. The Bertz CT molecular complexity index is 1900. The molecule has 0 amide bonds. The van der Waals surface area contributed by atoms with E-state index in [0.29, 0.717) is 0 Å². The summed E-state index contributed by atoms with van der Waals surface area (Å²) in [6.07, 6.45) is -3.38. The van der Waals surface area contributed by atoms with Gasteiger partial charge in [-0.25, -0.2) is 4.68 Å². The molecular formula is C31H35N7O10S. The lowest BCUT2D eigenvalue weighted by Crippen LogP contribution is -2.60. The molecule has 49 heavy (non-hydrogen) atoms. The fourth-order valence-corrected chi connectivity index (χ4v) is 5.15. The molecule has 0 unspecified atom stereocenters. The highest BCUT2D eigenvalue weighted by atomic mass is 32.1. The zero-order chi connectivity index (χ0) is 35.8. The number of pyridine rings is 1. The summed E-state index contributed by atoms with van der Waals surface area (Å²) in [6, 6.07) is 13.2. The first-order valence-electron chi connectivity index (χ1n) is 14.9. The van der Waals surface area contributed by atoms with Gasteiger partial charge in [0, 0.05) is 46.5 Å². The molecule has 1 saturated heterocycles. The maximum absolute atomic E-state index is 13.1. The minimum Gasteiger partial charge on any atom is -0.463 e. The van der Waals surface area contributed by atoms with Crippen LogP contribution in [0, 0.1) is 11.7 Å². The van der Waals surface area contributed by atoms with Crippen LogP contribution in [0.2, 0.25) is 0 Å². The average Bonchev–Trinajstić information content (AvgIpc) is 3.37. The van der Waals surface area contributed by atoms with E-state index < -0.39 is 66.7 Å². The number of nitrogens with two attached hydrogens (primary N) is 1. The summed E-state index contributed by atoms with van der Waals surface area (Å²) in [6.45, 7) is 5.96. The Kier molecular flexibility index (Phi) is 11.9. The molecule has 0 saturated carbocycles. The van der Waals surface area contributed by atoms with Gasteiger partial charge in [-0.3, -0.25) is 29.0 Å². The van der Waals surface area contributed by atoms with Crippen LogP contribution in [0.15, 0.2) is 59.7 Å². The highest BCUT2D eigenvalue weighted by Gasteiger charge is 2.53. The van der Waals surface area contributed by atoms with Crippen LogP contribution in [0.3, 0.4) is 0 Å². The second-order valence-corrected chi connectivity index (χ2v) is 11.2. The van der Waals surface area contributed by atoms with Gasteiger partial charge >= 0.3 is 23.9 Å². The SMILES string of the molecule is CC(=O)OC[C@H]1O[C@@H](n2nc3n(N)c(=O)c(Cc4ccc(C)cc4)nn3c2=S)[C@H](OC(C)=O)[C@@H](OC(C)=O)[C@@H]1OC(C)=O.c1ccncc1. The quantitative estimate of drug-likeness (QED) is 0.119. The molecule has 0 aliphatic carbocycles. The number of nitrogens with zero attached hydrogens (tertiary/aromatic N) is 6. The summed E-state index contributed by atoms with van der Waals surface area (Å²) < 4.78 is 30.4. The molecule has 1 aliphatic heterocycles. The summed E-state index contributed by atoms with van der Waals surface area (Å²) in [5.41, 5.74) is 1.27. The lowest BCUT2D eigenvalue weighted by atomic mass is 9.97. The highest BCUT2D eigenvalue weighted by Crippen LogP contribution is 2.34. The molecule has 18 heteroatoms. The normalized spacial score (nSPS) is 20.0. The van der Waals surface area contributed by atoms with Crippen LogP contribution in [0.1, 0.15) is 50.7 Å².